The Balaban J connectivity index is 2.26. The van der Waals surface area contributed by atoms with E-state index in [0.29, 0.717) is 0 Å². The molecule has 0 aromatic carbocycles. The van der Waals surface area contributed by atoms with Gasteiger partial charge in [-0.05, 0) is 33.5 Å². The average molecular weight is 431 g/mol. The van der Waals surface area contributed by atoms with E-state index in [9.17, 15) is 9.59 Å². The Hall–Kier alpha value is 0.467. The van der Waals surface area contributed by atoms with Crippen molar-refractivity contribution >= 4 is 63.8 Å². The number of hydrogen-bond donors (Lipinski definition) is 0. The molecule has 0 bridgehead atoms. The van der Waals surface area contributed by atoms with E-state index in [2.05, 4.69) is 31.9 Å². The average Bonchev–Trinajstić information content (AvgIpc) is 2.45. The Bertz CT molecular complexity index is 450. The van der Waals surface area contributed by atoms with Crippen LogP contribution in [0, 0.1) is 0 Å². The van der Waals surface area contributed by atoms with E-state index in [0.717, 1.165) is 0 Å². The van der Waals surface area contributed by atoms with Gasteiger partial charge in [0.2, 0.25) is 8.32 Å². The summed E-state index contributed by atoms with van der Waals surface area (Å²) in [6.07, 6.45) is 0. The maximum atomic E-state index is 12.4. The molecule has 0 spiro atoms. The molecular formula is C11H17Br2NO3SSi. The molecule has 2 rings (SSSR count). The molecule has 2 aliphatic heterocycles. The van der Waals surface area contributed by atoms with Gasteiger partial charge in [-0.15, -0.1) is 11.8 Å². The number of halogens is 2. The lowest BCUT2D eigenvalue weighted by Gasteiger charge is -2.46. The predicted molar refractivity (Wildman–Crippen MR) is 86.1 cm³/mol. The third kappa shape index (κ3) is 2.53. The van der Waals surface area contributed by atoms with Crippen LogP contribution in [0.4, 0.5) is 0 Å². The van der Waals surface area contributed by atoms with Crippen LogP contribution in [0.15, 0.2) is 0 Å². The number of alkyl halides is 2. The fourth-order valence-electron chi connectivity index (χ4n) is 2.32. The topological polar surface area (TPSA) is 46.6 Å². The first-order valence-electron chi connectivity index (χ1n) is 5.99. The van der Waals surface area contributed by atoms with Crippen molar-refractivity contribution in [1.82, 2.24) is 4.90 Å². The number of β-lactam (4-membered cyclic amide) rings is 1. The van der Waals surface area contributed by atoms with Crippen LogP contribution in [0.3, 0.4) is 0 Å². The zero-order chi connectivity index (χ0) is 14.8. The summed E-state index contributed by atoms with van der Waals surface area (Å²) in [5.41, 5.74) is 0. The van der Waals surface area contributed by atoms with E-state index in [1.54, 1.807) is 16.7 Å². The smallest absolute Gasteiger partial charge is 0.317 e. The molecule has 0 saturated carbocycles. The number of fused-ring (bicyclic) bond motifs is 1. The molecule has 2 fully saturated rings. The molecule has 0 N–H and O–H groups in total. The van der Waals surface area contributed by atoms with Gasteiger partial charge in [0.25, 0.3) is 5.91 Å². The molecule has 1 amide bonds. The Morgan fingerprint density at radius 3 is 2.37 bits per heavy atom. The number of carbonyl (C=O) groups is 2. The lowest BCUT2D eigenvalue weighted by molar-refractivity contribution is -0.156. The summed E-state index contributed by atoms with van der Waals surface area (Å²) >= 11 is 8.39. The van der Waals surface area contributed by atoms with E-state index >= 15 is 0 Å². The van der Waals surface area contributed by atoms with Gasteiger partial charge in [-0.3, -0.25) is 9.59 Å². The van der Waals surface area contributed by atoms with Crippen molar-refractivity contribution in [3.05, 3.63) is 0 Å². The van der Waals surface area contributed by atoms with Crippen LogP contribution in [0.1, 0.15) is 13.8 Å². The highest BCUT2D eigenvalue weighted by Crippen LogP contribution is 2.60. The molecule has 4 nitrogen and oxygen atoms in total. The minimum atomic E-state index is -1.96. The Labute approximate surface area is 135 Å². The molecule has 0 aromatic heterocycles. The van der Waals surface area contributed by atoms with Crippen molar-refractivity contribution in [3.8, 4) is 0 Å². The van der Waals surface area contributed by atoms with Gasteiger partial charge in [-0.25, -0.2) is 0 Å². The minimum absolute atomic E-state index is 0.0748. The van der Waals surface area contributed by atoms with Gasteiger partial charge in [0, 0.05) is 4.75 Å². The van der Waals surface area contributed by atoms with Crippen LogP contribution in [0.5, 0.6) is 0 Å². The van der Waals surface area contributed by atoms with Gasteiger partial charge in [0.15, 0.2) is 3.23 Å². The van der Waals surface area contributed by atoms with E-state index < -0.39 is 17.6 Å². The number of nitrogens with zero attached hydrogens (tertiary/aromatic N) is 1. The molecule has 0 aromatic rings. The number of thioether (sulfide) groups is 1. The standard InChI is InChI=1S/C11H17Br2NO3SSi/c1-10(2)6(7(15)17-19(3,4)5)14-8(16)11(12,13)9(14)18-10/h6,9H,1-5H3/t6-,9+/m0/s1. The van der Waals surface area contributed by atoms with Crippen LogP contribution < -0.4 is 0 Å². The SMILES string of the molecule is CC1(C)S[C@H]2N(C(=O)C2(Br)Br)[C@H]1C(=O)O[Si](C)(C)C. The number of hydrogen-bond acceptors (Lipinski definition) is 4. The molecule has 19 heavy (non-hydrogen) atoms. The monoisotopic (exact) mass is 429 g/mol. The van der Waals surface area contributed by atoms with Crippen molar-refractivity contribution in [2.24, 2.45) is 0 Å². The second-order valence-electron chi connectivity index (χ2n) is 6.35. The molecule has 0 radical (unpaired) electrons. The number of carbonyl (C=O) groups excluding carboxylic acids is 2. The van der Waals surface area contributed by atoms with Crippen LogP contribution in [-0.4, -0.2) is 44.5 Å². The molecule has 0 aliphatic carbocycles. The first-order chi connectivity index (χ1) is 8.38. The van der Waals surface area contributed by atoms with E-state index in [1.807, 2.05) is 33.5 Å². The Morgan fingerprint density at radius 2 is 1.89 bits per heavy atom. The summed E-state index contributed by atoms with van der Waals surface area (Å²) in [5, 5.41) is -0.0748. The third-order valence-electron chi connectivity index (χ3n) is 3.06. The molecule has 2 atom stereocenters. The second kappa shape index (κ2) is 4.48. The summed E-state index contributed by atoms with van der Waals surface area (Å²) in [7, 11) is -1.96. The molecule has 108 valence electrons. The highest BCUT2D eigenvalue weighted by atomic mass is 79.9. The lowest BCUT2D eigenvalue weighted by Crippen LogP contribution is -2.68. The van der Waals surface area contributed by atoms with E-state index in [4.69, 9.17) is 4.43 Å². The zero-order valence-electron chi connectivity index (χ0n) is 11.5. The Morgan fingerprint density at radius 1 is 1.37 bits per heavy atom. The second-order valence-corrected chi connectivity index (χ2v) is 16.1. The van der Waals surface area contributed by atoms with Gasteiger partial charge in [-0.1, -0.05) is 31.9 Å². The fourth-order valence-corrected chi connectivity index (χ4v) is 5.94. The third-order valence-corrected chi connectivity index (χ3v) is 7.66. The zero-order valence-corrected chi connectivity index (χ0v) is 16.5. The highest BCUT2D eigenvalue weighted by Gasteiger charge is 2.70. The quantitative estimate of drug-likeness (QED) is 0.384. The van der Waals surface area contributed by atoms with E-state index in [1.165, 1.54) is 0 Å². The summed E-state index contributed by atoms with van der Waals surface area (Å²) in [4.78, 5) is 26.2. The first-order valence-corrected chi connectivity index (χ1v) is 11.9. The molecule has 8 heteroatoms. The van der Waals surface area contributed by atoms with Crippen LogP contribution >= 0.6 is 43.6 Å². The normalized spacial score (nSPS) is 31.7. The molecule has 0 unspecified atom stereocenters. The van der Waals surface area contributed by atoms with Gasteiger partial charge in [0.05, 0.1) is 0 Å². The van der Waals surface area contributed by atoms with Crippen LogP contribution in [-0.2, 0) is 14.0 Å². The Kier molecular flexibility index (Phi) is 3.74. The largest absolute Gasteiger partial charge is 0.518 e. The van der Waals surface area contributed by atoms with Gasteiger partial charge >= 0.3 is 5.97 Å². The molecule has 2 saturated heterocycles. The van der Waals surface area contributed by atoms with Gasteiger partial charge in [0.1, 0.15) is 11.4 Å². The maximum Gasteiger partial charge on any atom is 0.317 e. The fraction of sp³-hybridized carbons (Fsp3) is 0.818. The molecular weight excluding hydrogens is 414 g/mol. The van der Waals surface area contributed by atoms with Crippen molar-refractivity contribution in [2.75, 3.05) is 0 Å². The van der Waals surface area contributed by atoms with Crippen LogP contribution in [0.2, 0.25) is 19.6 Å². The van der Waals surface area contributed by atoms with Crippen LogP contribution in [0.25, 0.3) is 0 Å². The summed E-state index contributed by atoms with van der Waals surface area (Å²) < 4.78 is 4.50. The van der Waals surface area contributed by atoms with Gasteiger partial charge < -0.3 is 9.33 Å². The maximum absolute atomic E-state index is 12.4. The highest BCUT2D eigenvalue weighted by molar-refractivity contribution is 9.26. The van der Waals surface area contributed by atoms with Crippen molar-refractivity contribution in [3.63, 3.8) is 0 Å². The number of rotatable bonds is 2. The molecule has 2 aliphatic rings. The summed E-state index contributed by atoms with van der Waals surface area (Å²) in [6.45, 7) is 9.86. The first kappa shape index (κ1) is 15.8. The van der Waals surface area contributed by atoms with Gasteiger partial charge in [-0.2, -0.15) is 0 Å². The predicted octanol–water partition coefficient (Wildman–Crippen LogP) is 2.91. The summed E-state index contributed by atoms with van der Waals surface area (Å²) in [6, 6.07) is -0.509. The van der Waals surface area contributed by atoms with Crippen molar-refractivity contribution in [2.45, 2.75) is 52.9 Å². The van der Waals surface area contributed by atoms with Crippen molar-refractivity contribution < 1.29 is 14.0 Å². The lowest BCUT2D eigenvalue weighted by atomic mass is 9.98. The minimum Gasteiger partial charge on any atom is -0.518 e. The summed E-state index contributed by atoms with van der Waals surface area (Å²) in [5.74, 6) is -0.379. The van der Waals surface area contributed by atoms with E-state index in [-0.39, 0.29) is 22.0 Å². The van der Waals surface area contributed by atoms with Crippen molar-refractivity contribution in [1.29, 1.82) is 0 Å². The molecule has 2 heterocycles. The number of amides is 1.